The van der Waals surface area contributed by atoms with Crippen LogP contribution < -0.4 is 4.90 Å². The minimum atomic E-state index is -0.346. The number of benzene rings is 1. The summed E-state index contributed by atoms with van der Waals surface area (Å²) < 4.78 is 6.63. The van der Waals surface area contributed by atoms with E-state index in [4.69, 9.17) is 4.74 Å². The first-order valence-electron chi connectivity index (χ1n) is 6.53. The van der Waals surface area contributed by atoms with Gasteiger partial charge in [-0.05, 0) is 32.0 Å². The van der Waals surface area contributed by atoms with Gasteiger partial charge in [0.05, 0.1) is 18.4 Å². The average Bonchev–Trinajstić information content (AvgIpc) is 3.02. The van der Waals surface area contributed by atoms with E-state index < -0.39 is 0 Å². The molecule has 0 spiro atoms. The smallest absolute Gasteiger partial charge is 0.340 e. The van der Waals surface area contributed by atoms with E-state index in [0.29, 0.717) is 5.56 Å². The van der Waals surface area contributed by atoms with Crippen molar-refractivity contribution >= 4 is 11.7 Å². The van der Waals surface area contributed by atoms with Gasteiger partial charge in [-0.15, -0.1) is 10.2 Å². The standard InChI is InChI=1S/C14H18N4O2/c1-4-17(5-2)13-7-6-11(18-9-15-16-10-18)8-12(13)14(19)20-3/h6-10H,4-5H2,1-3H3. The summed E-state index contributed by atoms with van der Waals surface area (Å²) in [6.45, 7) is 5.76. The second-order valence-electron chi connectivity index (χ2n) is 4.23. The van der Waals surface area contributed by atoms with Crippen LogP contribution in [0.4, 0.5) is 5.69 Å². The fraction of sp³-hybridized carbons (Fsp3) is 0.357. The molecule has 0 N–H and O–H groups in total. The summed E-state index contributed by atoms with van der Waals surface area (Å²) >= 11 is 0. The number of aromatic nitrogens is 3. The minimum absolute atomic E-state index is 0.346. The first kappa shape index (κ1) is 14.0. The summed E-state index contributed by atoms with van der Waals surface area (Å²) in [5, 5.41) is 7.54. The number of esters is 1. The number of hydrogen-bond donors (Lipinski definition) is 0. The molecule has 0 aliphatic rings. The molecular formula is C14H18N4O2. The van der Waals surface area contributed by atoms with Crippen LogP contribution in [0, 0.1) is 0 Å². The van der Waals surface area contributed by atoms with Crippen molar-refractivity contribution in [2.24, 2.45) is 0 Å². The first-order chi connectivity index (χ1) is 9.71. The van der Waals surface area contributed by atoms with Crippen LogP contribution >= 0.6 is 0 Å². The van der Waals surface area contributed by atoms with Crippen LogP contribution in [0.25, 0.3) is 5.69 Å². The molecule has 0 radical (unpaired) electrons. The van der Waals surface area contributed by atoms with Crippen molar-refractivity contribution in [3.63, 3.8) is 0 Å². The number of methoxy groups -OCH3 is 1. The van der Waals surface area contributed by atoms with Crippen molar-refractivity contribution in [3.05, 3.63) is 36.4 Å². The molecule has 0 saturated heterocycles. The van der Waals surface area contributed by atoms with E-state index in [-0.39, 0.29) is 5.97 Å². The molecule has 0 atom stereocenters. The largest absolute Gasteiger partial charge is 0.465 e. The Morgan fingerprint density at radius 1 is 1.25 bits per heavy atom. The molecule has 1 heterocycles. The van der Waals surface area contributed by atoms with E-state index >= 15 is 0 Å². The van der Waals surface area contributed by atoms with Crippen LogP contribution in [0.15, 0.2) is 30.9 Å². The summed E-state index contributed by atoms with van der Waals surface area (Å²) in [5.74, 6) is -0.346. The van der Waals surface area contributed by atoms with Crippen LogP contribution in [0.2, 0.25) is 0 Å². The summed E-state index contributed by atoms with van der Waals surface area (Å²) in [5.41, 5.74) is 2.24. The number of ether oxygens (including phenoxy) is 1. The maximum Gasteiger partial charge on any atom is 0.340 e. The van der Waals surface area contributed by atoms with Gasteiger partial charge in [0.1, 0.15) is 12.7 Å². The van der Waals surface area contributed by atoms with Crippen LogP contribution in [0.1, 0.15) is 24.2 Å². The molecule has 1 aromatic carbocycles. The maximum absolute atomic E-state index is 12.0. The Balaban J connectivity index is 2.50. The van der Waals surface area contributed by atoms with Gasteiger partial charge in [-0.3, -0.25) is 4.57 Å². The molecule has 6 nitrogen and oxygen atoms in total. The van der Waals surface area contributed by atoms with Crippen molar-refractivity contribution < 1.29 is 9.53 Å². The molecule has 0 saturated carbocycles. The summed E-state index contributed by atoms with van der Waals surface area (Å²) in [4.78, 5) is 14.1. The van der Waals surface area contributed by atoms with Crippen LogP contribution in [-0.4, -0.2) is 40.9 Å². The molecule has 0 amide bonds. The van der Waals surface area contributed by atoms with Crippen LogP contribution in [-0.2, 0) is 4.74 Å². The van der Waals surface area contributed by atoms with Gasteiger partial charge in [0.2, 0.25) is 0 Å². The van der Waals surface area contributed by atoms with E-state index in [1.807, 2.05) is 12.1 Å². The molecule has 2 aromatic rings. The monoisotopic (exact) mass is 274 g/mol. The molecule has 0 fully saturated rings. The van der Waals surface area contributed by atoms with E-state index in [1.54, 1.807) is 23.3 Å². The molecule has 0 aliphatic carbocycles. The van der Waals surface area contributed by atoms with Gasteiger partial charge in [0, 0.05) is 18.8 Å². The van der Waals surface area contributed by atoms with Gasteiger partial charge in [0.25, 0.3) is 0 Å². The Morgan fingerprint density at radius 3 is 2.45 bits per heavy atom. The summed E-state index contributed by atoms with van der Waals surface area (Å²) in [7, 11) is 1.39. The third kappa shape index (κ3) is 2.64. The predicted molar refractivity (Wildman–Crippen MR) is 76.3 cm³/mol. The Kier molecular flexibility index (Phi) is 4.34. The fourth-order valence-electron chi connectivity index (χ4n) is 2.13. The number of carbonyl (C=O) groups is 1. The zero-order valence-electron chi connectivity index (χ0n) is 11.9. The molecule has 20 heavy (non-hydrogen) atoms. The molecule has 6 heteroatoms. The number of hydrogen-bond acceptors (Lipinski definition) is 5. The lowest BCUT2D eigenvalue weighted by Gasteiger charge is -2.23. The van der Waals surface area contributed by atoms with Crippen LogP contribution in [0.5, 0.6) is 0 Å². The van der Waals surface area contributed by atoms with Gasteiger partial charge in [0.15, 0.2) is 0 Å². The molecule has 2 rings (SSSR count). The molecule has 0 unspecified atom stereocenters. The summed E-state index contributed by atoms with van der Waals surface area (Å²) in [6.07, 6.45) is 3.18. The summed E-state index contributed by atoms with van der Waals surface area (Å²) in [6, 6.07) is 5.65. The van der Waals surface area contributed by atoms with Crippen molar-refractivity contribution in [2.45, 2.75) is 13.8 Å². The third-order valence-electron chi connectivity index (χ3n) is 3.21. The topological polar surface area (TPSA) is 60.2 Å². The molecule has 0 bridgehead atoms. The zero-order chi connectivity index (χ0) is 14.5. The molecule has 1 aromatic heterocycles. The Labute approximate surface area is 118 Å². The fourth-order valence-corrected chi connectivity index (χ4v) is 2.13. The number of nitrogens with zero attached hydrogens (tertiary/aromatic N) is 4. The van der Waals surface area contributed by atoms with Crippen molar-refractivity contribution in [1.29, 1.82) is 0 Å². The second kappa shape index (κ2) is 6.18. The first-order valence-corrected chi connectivity index (χ1v) is 6.53. The molecule has 0 aliphatic heterocycles. The number of rotatable bonds is 5. The van der Waals surface area contributed by atoms with Crippen molar-refractivity contribution in [1.82, 2.24) is 14.8 Å². The average molecular weight is 274 g/mol. The maximum atomic E-state index is 12.0. The van der Waals surface area contributed by atoms with E-state index in [1.165, 1.54) is 7.11 Å². The highest BCUT2D eigenvalue weighted by atomic mass is 16.5. The Bertz CT molecular complexity index is 577. The number of carbonyl (C=O) groups excluding carboxylic acids is 1. The third-order valence-corrected chi connectivity index (χ3v) is 3.21. The highest BCUT2D eigenvalue weighted by Crippen LogP contribution is 2.24. The quantitative estimate of drug-likeness (QED) is 0.779. The molecular weight excluding hydrogens is 256 g/mol. The lowest BCUT2D eigenvalue weighted by atomic mass is 10.1. The number of anilines is 1. The van der Waals surface area contributed by atoms with Gasteiger partial charge in [-0.25, -0.2) is 4.79 Å². The lowest BCUT2D eigenvalue weighted by molar-refractivity contribution is 0.0601. The van der Waals surface area contributed by atoms with E-state index in [0.717, 1.165) is 24.5 Å². The second-order valence-corrected chi connectivity index (χ2v) is 4.23. The normalized spacial score (nSPS) is 10.3. The van der Waals surface area contributed by atoms with Crippen molar-refractivity contribution in [2.75, 3.05) is 25.1 Å². The van der Waals surface area contributed by atoms with Gasteiger partial charge < -0.3 is 9.64 Å². The van der Waals surface area contributed by atoms with E-state index in [9.17, 15) is 4.79 Å². The van der Waals surface area contributed by atoms with E-state index in [2.05, 4.69) is 28.9 Å². The lowest BCUT2D eigenvalue weighted by Crippen LogP contribution is -2.24. The molecule has 106 valence electrons. The van der Waals surface area contributed by atoms with Gasteiger partial charge in [-0.1, -0.05) is 0 Å². The highest BCUT2D eigenvalue weighted by Gasteiger charge is 2.16. The SMILES string of the molecule is CCN(CC)c1ccc(-n2cnnc2)cc1C(=O)OC. The van der Waals surface area contributed by atoms with Crippen LogP contribution in [0.3, 0.4) is 0 Å². The Morgan fingerprint density at radius 2 is 1.90 bits per heavy atom. The van der Waals surface area contributed by atoms with Gasteiger partial charge >= 0.3 is 5.97 Å². The van der Waals surface area contributed by atoms with Crippen molar-refractivity contribution in [3.8, 4) is 5.69 Å². The minimum Gasteiger partial charge on any atom is -0.465 e. The Hall–Kier alpha value is -2.37. The highest BCUT2D eigenvalue weighted by molar-refractivity contribution is 5.96. The zero-order valence-corrected chi connectivity index (χ0v) is 11.9. The van der Waals surface area contributed by atoms with Gasteiger partial charge in [-0.2, -0.15) is 0 Å². The predicted octanol–water partition coefficient (Wildman–Crippen LogP) is 1.90.